The minimum absolute atomic E-state index is 0.318. The summed E-state index contributed by atoms with van der Waals surface area (Å²) in [5.74, 6) is 0. The number of hydrogen-bond donors (Lipinski definition) is 1. The Balaban J connectivity index is 1.72. The Morgan fingerprint density at radius 1 is 1.35 bits per heavy atom. The number of likely N-dealkylation sites (tertiary alicyclic amines) is 1. The van der Waals surface area contributed by atoms with Crippen molar-refractivity contribution in [2.24, 2.45) is 0 Å². The van der Waals surface area contributed by atoms with Gasteiger partial charge in [0, 0.05) is 25.7 Å². The SMILES string of the molecule is CC(C)(C)OC(=O)NC[C@@H]1CCCN1C[C@H]1CCCO1. The molecule has 2 fully saturated rings. The van der Waals surface area contributed by atoms with E-state index < -0.39 is 5.60 Å². The van der Waals surface area contributed by atoms with Gasteiger partial charge in [-0.05, 0) is 53.0 Å². The van der Waals surface area contributed by atoms with Crippen LogP contribution in [0.25, 0.3) is 0 Å². The highest BCUT2D eigenvalue weighted by Crippen LogP contribution is 2.21. The molecule has 0 saturated carbocycles. The molecule has 1 N–H and O–H groups in total. The molecule has 0 unspecified atom stereocenters. The van der Waals surface area contributed by atoms with Crippen LogP contribution in [0.15, 0.2) is 0 Å². The fourth-order valence-electron chi connectivity index (χ4n) is 2.93. The number of hydrogen-bond acceptors (Lipinski definition) is 4. The van der Waals surface area contributed by atoms with Crippen LogP contribution in [-0.4, -0.2) is 55.0 Å². The summed E-state index contributed by atoms with van der Waals surface area (Å²) < 4.78 is 11.0. The summed E-state index contributed by atoms with van der Waals surface area (Å²) in [5, 5.41) is 2.89. The first kappa shape index (κ1) is 15.6. The molecule has 5 nitrogen and oxygen atoms in total. The first-order chi connectivity index (χ1) is 9.44. The third-order valence-corrected chi connectivity index (χ3v) is 3.84. The third kappa shape index (κ3) is 4.94. The van der Waals surface area contributed by atoms with Gasteiger partial charge in [-0.15, -0.1) is 0 Å². The molecule has 0 spiro atoms. The van der Waals surface area contributed by atoms with Crippen molar-refractivity contribution in [2.45, 2.75) is 64.2 Å². The Bertz CT molecular complexity index is 322. The summed E-state index contributed by atoms with van der Waals surface area (Å²) in [5.41, 5.74) is -0.433. The van der Waals surface area contributed by atoms with Crippen LogP contribution in [0.1, 0.15) is 46.5 Å². The van der Waals surface area contributed by atoms with Crippen molar-refractivity contribution in [1.29, 1.82) is 0 Å². The topological polar surface area (TPSA) is 50.8 Å². The van der Waals surface area contributed by atoms with E-state index in [0.29, 0.717) is 18.7 Å². The first-order valence-electron chi connectivity index (χ1n) is 7.76. The second kappa shape index (κ2) is 6.76. The smallest absolute Gasteiger partial charge is 0.407 e. The predicted molar refractivity (Wildman–Crippen MR) is 77.8 cm³/mol. The van der Waals surface area contributed by atoms with Crippen molar-refractivity contribution < 1.29 is 14.3 Å². The zero-order valence-corrected chi connectivity index (χ0v) is 13.0. The van der Waals surface area contributed by atoms with Gasteiger partial charge in [-0.1, -0.05) is 0 Å². The molecule has 1 amide bonds. The largest absolute Gasteiger partial charge is 0.444 e. The second-order valence-corrected chi connectivity index (χ2v) is 6.81. The normalized spacial score (nSPS) is 27.8. The van der Waals surface area contributed by atoms with Crippen LogP contribution >= 0.6 is 0 Å². The van der Waals surface area contributed by atoms with Crippen LogP contribution < -0.4 is 5.32 Å². The summed E-state index contributed by atoms with van der Waals surface area (Å²) in [4.78, 5) is 14.1. The molecular formula is C15H28N2O3. The van der Waals surface area contributed by atoms with Gasteiger partial charge in [-0.2, -0.15) is 0 Å². The molecular weight excluding hydrogens is 256 g/mol. The fourth-order valence-corrected chi connectivity index (χ4v) is 2.93. The van der Waals surface area contributed by atoms with Crippen LogP contribution in [0.5, 0.6) is 0 Å². The minimum Gasteiger partial charge on any atom is -0.444 e. The van der Waals surface area contributed by atoms with Gasteiger partial charge in [-0.3, -0.25) is 4.90 Å². The van der Waals surface area contributed by atoms with E-state index in [0.717, 1.165) is 26.1 Å². The monoisotopic (exact) mass is 284 g/mol. The van der Waals surface area contributed by atoms with E-state index in [9.17, 15) is 4.79 Å². The Morgan fingerprint density at radius 3 is 2.80 bits per heavy atom. The Morgan fingerprint density at radius 2 is 2.15 bits per heavy atom. The van der Waals surface area contributed by atoms with Gasteiger partial charge in [0.2, 0.25) is 0 Å². The zero-order chi connectivity index (χ0) is 14.6. The highest BCUT2D eigenvalue weighted by Gasteiger charge is 2.29. The van der Waals surface area contributed by atoms with Gasteiger partial charge in [0.1, 0.15) is 5.60 Å². The molecule has 0 aliphatic carbocycles. The van der Waals surface area contributed by atoms with E-state index in [1.165, 1.54) is 19.3 Å². The molecule has 5 heteroatoms. The van der Waals surface area contributed by atoms with Crippen LogP contribution in [0.3, 0.4) is 0 Å². The number of nitrogens with zero attached hydrogens (tertiary/aromatic N) is 1. The molecule has 2 heterocycles. The van der Waals surface area contributed by atoms with E-state index in [-0.39, 0.29) is 6.09 Å². The molecule has 0 radical (unpaired) electrons. The maximum atomic E-state index is 11.7. The van der Waals surface area contributed by atoms with Crippen LogP contribution in [0.4, 0.5) is 4.79 Å². The van der Waals surface area contributed by atoms with E-state index in [1.807, 2.05) is 20.8 Å². The molecule has 2 atom stereocenters. The molecule has 20 heavy (non-hydrogen) atoms. The highest BCUT2D eigenvalue weighted by molar-refractivity contribution is 5.67. The lowest BCUT2D eigenvalue weighted by molar-refractivity contribution is 0.0488. The number of carbonyl (C=O) groups is 1. The number of alkyl carbamates (subject to hydrolysis) is 1. The zero-order valence-electron chi connectivity index (χ0n) is 13.0. The van der Waals surface area contributed by atoms with Crippen LogP contribution in [0.2, 0.25) is 0 Å². The van der Waals surface area contributed by atoms with Gasteiger partial charge < -0.3 is 14.8 Å². The summed E-state index contributed by atoms with van der Waals surface area (Å²) >= 11 is 0. The van der Waals surface area contributed by atoms with E-state index in [2.05, 4.69) is 10.2 Å². The summed E-state index contributed by atoms with van der Waals surface area (Å²) in [6.45, 7) is 9.33. The molecule has 0 aromatic carbocycles. The van der Waals surface area contributed by atoms with Gasteiger partial charge in [0.25, 0.3) is 0 Å². The minimum atomic E-state index is -0.433. The average molecular weight is 284 g/mol. The van der Waals surface area contributed by atoms with E-state index >= 15 is 0 Å². The summed E-state index contributed by atoms with van der Waals surface area (Å²) in [6.07, 6.45) is 4.76. The molecule has 0 bridgehead atoms. The van der Waals surface area contributed by atoms with Crippen molar-refractivity contribution in [3.63, 3.8) is 0 Å². The highest BCUT2D eigenvalue weighted by atomic mass is 16.6. The molecule has 2 saturated heterocycles. The maximum absolute atomic E-state index is 11.7. The standard InChI is InChI=1S/C15H28N2O3/c1-15(2,3)20-14(18)16-10-12-6-4-8-17(12)11-13-7-5-9-19-13/h12-13H,4-11H2,1-3H3,(H,16,18)/t12-,13+/m0/s1. The number of carbonyl (C=O) groups excluding carboxylic acids is 1. The Hall–Kier alpha value is -0.810. The van der Waals surface area contributed by atoms with Crippen molar-refractivity contribution in [3.8, 4) is 0 Å². The Kier molecular flexibility index (Phi) is 5.27. The lowest BCUT2D eigenvalue weighted by Crippen LogP contribution is -2.44. The van der Waals surface area contributed by atoms with E-state index in [1.54, 1.807) is 0 Å². The van der Waals surface area contributed by atoms with Crippen LogP contribution in [-0.2, 0) is 9.47 Å². The molecule has 2 aliphatic rings. The molecule has 2 rings (SSSR count). The molecule has 0 aromatic rings. The molecule has 2 aliphatic heterocycles. The van der Waals surface area contributed by atoms with Gasteiger partial charge in [0.15, 0.2) is 0 Å². The number of nitrogens with one attached hydrogen (secondary N) is 1. The molecule has 116 valence electrons. The molecule has 0 aromatic heterocycles. The van der Waals surface area contributed by atoms with Crippen LogP contribution in [0, 0.1) is 0 Å². The van der Waals surface area contributed by atoms with Gasteiger partial charge >= 0.3 is 6.09 Å². The van der Waals surface area contributed by atoms with Crippen molar-refractivity contribution in [2.75, 3.05) is 26.2 Å². The predicted octanol–water partition coefficient (Wildman–Crippen LogP) is 2.15. The third-order valence-electron chi connectivity index (χ3n) is 3.84. The van der Waals surface area contributed by atoms with Crippen molar-refractivity contribution in [1.82, 2.24) is 10.2 Å². The lowest BCUT2D eigenvalue weighted by Gasteiger charge is -2.27. The number of amides is 1. The lowest BCUT2D eigenvalue weighted by atomic mass is 10.2. The average Bonchev–Trinajstić information content (AvgIpc) is 2.96. The second-order valence-electron chi connectivity index (χ2n) is 6.81. The van der Waals surface area contributed by atoms with Gasteiger partial charge in [0.05, 0.1) is 6.10 Å². The fraction of sp³-hybridized carbons (Fsp3) is 0.933. The maximum Gasteiger partial charge on any atom is 0.407 e. The Labute approximate surface area is 122 Å². The van der Waals surface area contributed by atoms with Crippen molar-refractivity contribution >= 4 is 6.09 Å². The number of rotatable bonds is 4. The quantitative estimate of drug-likeness (QED) is 0.859. The summed E-state index contributed by atoms with van der Waals surface area (Å²) in [7, 11) is 0. The van der Waals surface area contributed by atoms with Crippen molar-refractivity contribution in [3.05, 3.63) is 0 Å². The van der Waals surface area contributed by atoms with Gasteiger partial charge in [-0.25, -0.2) is 4.79 Å². The summed E-state index contributed by atoms with van der Waals surface area (Å²) in [6, 6.07) is 0.423. The number of ether oxygens (including phenoxy) is 2. The first-order valence-corrected chi connectivity index (χ1v) is 7.76. The van der Waals surface area contributed by atoms with E-state index in [4.69, 9.17) is 9.47 Å².